The number of amides is 1. The van der Waals surface area contributed by atoms with Crippen LogP contribution in [0.5, 0.6) is 0 Å². The molecule has 0 N–H and O–H groups in total. The standard InChI is InChI=1S/C26H54NO4P/c1-5-9-13-15-17-19-21-27(22-20-18-16-14-10-6-2)26(28)25-32(29,30-23-11-7-3)31-24-12-8-4/h5-25H2,1-4H3. The lowest BCUT2D eigenvalue weighted by atomic mass is 10.1. The van der Waals surface area contributed by atoms with Gasteiger partial charge in [-0.25, -0.2) is 0 Å². The smallest absolute Gasteiger partial charge is 0.340 e. The van der Waals surface area contributed by atoms with Gasteiger partial charge < -0.3 is 13.9 Å². The molecule has 0 fully saturated rings. The molecule has 0 spiro atoms. The number of nitrogens with zero attached hydrogens (tertiary/aromatic N) is 1. The van der Waals surface area contributed by atoms with Crippen LogP contribution in [0.25, 0.3) is 0 Å². The molecular weight excluding hydrogens is 421 g/mol. The van der Waals surface area contributed by atoms with E-state index < -0.39 is 7.60 Å². The number of carbonyl (C=O) groups is 1. The molecule has 0 aliphatic rings. The van der Waals surface area contributed by atoms with E-state index in [9.17, 15) is 9.36 Å². The highest BCUT2D eigenvalue weighted by Gasteiger charge is 2.30. The third kappa shape index (κ3) is 18.1. The first-order valence-electron chi connectivity index (χ1n) is 13.7. The monoisotopic (exact) mass is 475 g/mol. The fraction of sp³-hybridized carbons (Fsp3) is 0.962. The SMILES string of the molecule is CCCCCCCCN(CCCCCCCC)C(=O)CP(=O)(OCCCC)OCCCC. The van der Waals surface area contributed by atoms with Crippen molar-refractivity contribution in [3.8, 4) is 0 Å². The van der Waals surface area contributed by atoms with Crippen LogP contribution in [0.3, 0.4) is 0 Å². The van der Waals surface area contributed by atoms with Gasteiger partial charge >= 0.3 is 7.60 Å². The van der Waals surface area contributed by atoms with E-state index in [1.807, 2.05) is 4.90 Å². The van der Waals surface area contributed by atoms with E-state index in [0.717, 1.165) is 64.5 Å². The largest absolute Gasteiger partial charge is 0.342 e. The van der Waals surface area contributed by atoms with Crippen LogP contribution in [0.2, 0.25) is 0 Å². The lowest BCUT2D eigenvalue weighted by molar-refractivity contribution is -0.129. The lowest BCUT2D eigenvalue weighted by Crippen LogP contribution is -2.35. The molecule has 5 nitrogen and oxygen atoms in total. The quantitative estimate of drug-likeness (QED) is 0.104. The second-order valence-electron chi connectivity index (χ2n) is 9.06. The molecule has 1 amide bonds. The summed E-state index contributed by atoms with van der Waals surface area (Å²) >= 11 is 0. The summed E-state index contributed by atoms with van der Waals surface area (Å²) in [5, 5.41) is 0. The minimum atomic E-state index is -3.39. The third-order valence-corrected chi connectivity index (χ3v) is 7.63. The van der Waals surface area contributed by atoms with Crippen molar-refractivity contribution in [2.75, 3.05) is 32.5 Å². The molecule has 0 bridgehead atoms. The van der Waals surface area contributed by atoms with Gasteiger partial charge in [0.2, 0.25) is 5.91 Å². The summed E-state index contributed by atoms with van der Waals surface area (Å²) < 4.78 is 24.6. The zero-order valence-electron chi connectivity index (χ0n) is 21.9. The molecule has 0 saturated carbocycles. The van der Waals surface area contributed by atoms with Crippen molar-refractivity contribution in [2.45, 2.75) is 130 Å². The summed E-state index contributed by atoms with van der Waals surface area (Å²) in [6.45, 7) is 10.9. The maximum atomic E-state index is 13.3. The molecule has 0 aromatic heterocycles. The zero-order chi connectivity index (χ0) is 23.9. The molecule has 32 heavy (non-hydrogen) atoms. The van der Waals surface area contributed by atoms with Crippen LogP contribution in [0, 0.1) is 0 Å². The molecule has 0 aliphatic carbocycles. The predicted octanol–water partition coefficient (Wildman–Crippen LogP) is 8.36. The van der Waals surface area contributed by atoms with Gasteiger partial charge in [-0.3, -0.25) is 9.36 Å². The third-order valence-electron chi connectivity index (χ3n) is 5.82. The van der Waals surface area contributed by atoms with Crippen molar-refractivity contribution in [2.24, 2.45) is 0 Å². The first-order chi connectivity index (χ1) is 15.5. The van der Waals surface area contributed by atoms with Gasteiger partial charge in [0, 0.05) is 13.1 Å². The number of hydrogen-bond donors (Lipinski definition) is 0. The average molecular weight is 476 g/mol. The molecule has 0 rings (SSSR count). The van der Waals surface area contributed by atoms with Crippen LogP contribution < -0.4 is 0 Å². The topological polar surface area (TPSA) is 55.8 Å². The van der Waals surface area contributed by atoms with E-state index in [0.29, 0.717) is 13.2 Å². The summed E-state index contributed by atoms with van der Waals surface area (Å²) in [7, 11) is -3.39. The van der Waals surface area contributed by atoms with Gasteiger partial charge in [0.05, 0.1) is 13.2 Å². The van der Waals surface area contributed by atoms with Gasteiger partial charge in [-0.05, 0) is 25.7 Å². The van der Waals surface area contributed by atoms with Crippen molar-refractivity contribution < 1.29 is 18.4 Å². The van der Waals surface area contributed by atoms with E-state index in [4.69, 9.17) is 9.05 Å². The summed E-state index contributed by atoms with van der Waals surface area (Å²) in [5.74, 6) is -0.0663. The van der Waals surface area contributed by atoms with Gasteiger partial charge in [-0.2, -0.15) is 0 Å². The van der Waals surface area contributed by atoms with Gasteiger partial charge in [0.15, 0.2) is 0 Å². The Labute approximate surface area is 199 Å². The maximum Gasteiger partial charge on any atom is 0.340 e. The second kappa shape index (κ2) is 22.4. The van der Waals surface area contributed by atoms with Crippen molar-refractivity contribution in [3.63, 3.8) is 0 Å². The fourth-order valence-electron chi connectivity index (χ4n) is 3.62. The summed E-state index contributed by atoms with van der Waals surface area (Å²) in [5.41, 5.74) is 0. The lowest BCUT2D eigenvalue weighted by Gasteiger charge is -2.25. The van der Waals surface area contributed by atoms with Gasteiger partial charge in [-0.1, -0.05) is 105 Å². The number of unbranched alkanes of at least 4 members (excludes halogenated alkanes) is 12. The zero-order valence-corrected chi connectivity index (χ0v) is 22.8. The van der Waals surface area contributed by atoms with Gasteiger partial charge in [0.25, 0.3) is 0 Å². The summed E-state index contributed by atoms with van der Waals surface area (Å²) in [4.78, 5) is 15.1. The van der Waals surface area contributed by atoms with Crippen LogP contribution >= 0.6 is 7.60 Å². The van der Waals surface area contributed by atoms with E-state index in [1.54, 1.807) is 0 Å². The van der Waals surface area contributed by atoms with E-state index >= 15 is 0 Å². The Morgan fingerprint density at radius 2 is 0.969 bits per heavy atom. The number of rotatable bonds is 24. The Morgan fingerprint density at radius 3 is 1.38 bits per heavy atom. The Morgan fingerprint density at radius 1 is 0.594 bits per heavy atom. The highest BCUT2D eigenvalue weighted by molar-refractivity contribution is 7.54. The van der Waals surface area contributed by atoms with E-state index in [-0.39, 0.29) is 12.1 Å². The van der Waals surface area contributed by atoms with Crippen LogP contribution in [0.4, 0.5) is 0 Å². The molecule has 0 unspecified atom stereocenters. The van der Waals surface area contributed by atoms with E-state index in [2.05, 4.69) is 27.7 Å². The average Bonchev–Trinajstić information content (AvgIpc) is 2.77. The first-order valence-corrected chi connectivity index (χ1v) is 15.4. The summed E-state index contributed by atoms with van der Waals surface area (Å²) in [6, 6.07) is 0. The molecule has 0 saturated heterocycles. The number of carbonyl (C=O) groups excluding carboxylic acids is 1. The van der Waals surface area contributed by atoms with Crippen molar-refractivity contribution in [3.05, 3.63) is 0 Å². The molecule has 0 radical (unpaired) electrons. The molecule has 0 heterocycles. The first kappa shape index (κ1) is 31.6. The Bertz CT molecular complexity index is 443. The van der Waals surface area contributed by atoms with Gasteiger partial charge in [0.1, 0.15) is 6.16 Å². The van der Waals surface area contributed by atoms with E-state index in [1.165, 1.54) is 51.4 Å². The molecule has 0 atom stereocenters. The minimum absolute atomic E-state index is 0.0663. The van der Waals surface area contributed by atoms with Crippen LogP contribution in [0.1, 0.15) is 130 Å². The normalized spacial score (nSPS) is 11.8. The van der Waals surface area contributed by atoms with Crippen molar-refractivity contribution in [1.82, 2.24) is 4.90 Å². The Hall–Kier alpha value is -0.380. The highest BCUT2D eigenvalue weighted by atomic mass is 31.2. The van der Waals surface area contributed by atoms with Crippen LogP contribution in [-0.2, 0) is 18.4 Å². The maximum absolute atomic E-state index is 13.3. The minimum Gasteiger partial charge on any atom is -0.342 e. The predicted molar refractivity (Wildman–Crippen MR) is 138 cm³/mol. The molecule has 6 heteroatoms. The highest BCUT2D eigenvalue weighted by Crippen LogP contribution is 2.48. The van der Waals surface area contributed by atoms with Gasteiger partial charge in [-0.15, -0.1) is 0 Å². The molecule has 0 aliphatic heterocycles. The van der Waals surface area contributed by atoms with Crippen LogP contribution in [-0.4, -0.2) is 43.3 Å². The van der Waals surface area contributed by atoms with Crippen molar-refractivity contribution in [1.29, 1.82) is 0 Å². The summed E-state index contributed by atoms with van der Waals surface area (Å²) in [6.07, 6.45) is 17.9. The molecule has 192 valence electrons. The molecule has 0 aromatic carbocycles. The Kier molecular flexibility index (Phi) is 22.1. The van der Waals surface area contributed by atoms with Crippen LogP contribution in [0.15, 0.2) is 0 Å². The molecule has 0 aromatic rings. The molecular formula is C26H54NO4P. The van der Waals surface area contributed by atoms with Crippen molar-refractivity contribution >= 4 is 13.5 Å². The Balaban J connectivity index is 4.81. The fourth-order valence-corrected chi connectivity index (χ4v) is 5.22. The second-order valence-corrected chi connectivity index (χ2v) is 11.1. The number of hydrogen-bond acceptors (Lipinski definition) is 4.